The lowest BCUT2D eigenvalue weighted by atomic mass is 10.2. The van der Waals surface area contributed by atoms with Crippen LogP contribution < -0.4 is 0 Å². The monoisotopic (exact) mass is 303 g/mol. The summed E-state index contributed by atoms with van der Waals surface area (Å²) in [7, 11) is 1.88. The maximum atomic E-state index is 12.9. The van der Waals surface area contributed by atoms with Crippen molar-refractivity contribution >= 4 is 5.91 Å². The van der Waals surface area contributed by atoms with Gasteiger partial charge in [0, 0.05) is 37.1 Å². The molecule has 0 aliphatic carbocycles. The van der Waals surface area contributed by atoms with E-state index < -0.39 is 0 Å². The van der Waals surface area contributed by atoms with Gasteiger partial charge in [0.1, 0.15) is 6.04 Å². The van der Waals surface area contributed by atoms with E-state index in [4.69, 9.17) is 0 Å². The van der Waals surface area contributed by atoms with Crippen molar-refractivity contribution in [3.8, 4) is 0 Å². The lowest BCUT2D eigenvalue weighted by molar-refractivity contribution is -0.137. The number of aryl methyl sites for hydroxylation is 3. The Labute approximate surface area is 131 Å². The second-order valence-corrected chi connectivity index (χ2v) is 6.13. The van der Waals surface area contributed by atoms with E-state index in [0.29, 0.717) is 6.54 Å². The molecule has 1 amide bonds. The maximum Gasteiger partial charge on any atom is 0.247 e. The van der Waals surface area contributed by atoms with Crippen LogP contribution in [0.4, 0.5) is 0 Å². The van der Waals surface area contributed by atoms with Gasteiger partial charge in [-0.05, 0) is 40.7 Å². The summed E-state index contributed by atoms with van der Waals surface area (Å²) in [5, 5.41) is 8.61. The second-order valence-electron chi connectivity index (χ2n) is 6.13. The summed E-state index contributed by atoms with van der Waals surface area (Å²) in [6, 6.07) is 1.80. The molecule has 2 aromatic rings. The van der Waals surface area contributed by atoms with E-state index in [9.17, 15) is 4.79 Å². The summed E-state index contributed by atoms with van der Waals surface area (Å²) in [6.45, 7) is 10.4. The quantitative estimate of drug-likeness (QED) is 0.851. The second kappa shape index (κ2) is 6.34. The number of carbonyl (C=O) groups excluding carboxylic acids is 1. The van der Waals surface area contributed by atoms with Crippen molar-refractivity contribution in [1.82, 2.24) is 24.5 Å². The number of hydrogen-bond acceptors (Lipinski definition) is 3. The maximum absolute atomic E-state index is 12.9. The van der Waals surface area contributed by atoms with Gasteiger partial charge >= 0.3 is 0 Å². The van der Waals surface area contributed by atoms with Gasteiger partial charge in [-0.1, -0.05) is 0 Å². The third-order valence-corrected chi connectivity index (χ3v) is 3.79. The fourth-order valence-corrected chi connectivity index (χ4v) is 2.65. The molecule has 0 bridgehead atoms. The van der Waals surface area contributed by atoms with E-state index in [1.807, 2.05) is 58.8 Å². The molecule has 2 rings (SSSR count). The Morgan fingerprint density at radius 3 is 2.45 bits per heavy atom. The van der Waals surface area contributed by atoms with Gasteiger partial charge in [0.15, 0.2) is 0 Å². The van der Waals surface area contributed by atoms with Crippen LogP contribution in [0.1, 0.15) is 43.8 Å². The molecule has 0 unspecified atom stereocenters. The van der Waals surface area contributed by atoms with Crippen LogP contribution in [0.25, 0.3) is 0 Å². The molecule has 0 fully saturated rings. The fourth-order valence-electron chi connectivity index (χ4n) is 2.65. The van der Waals surface area contributed by atoms with Crippen LogP contribution in [0.3, 0.4) is 0 Å². The Kier molecular flexibility index (Phi) is 4.68. The zero-order valence-electron chi connectivity index (χ0n) is 14.2. The van der Waals surface area contributed by atoms with Crippen LogP contribution in [0.5, 0.6) is 0 Å². The number of hydrogen-bond donors (Lipinski definition) is 0. The Bertz CT molecular complexity index is 655. The van der Waals surface area contributed by atoms with Gasteiger partial charge in [0.05, 0.1) is 11.9 Å². The Balaban J connectivity index is 2.20. The predicted molar refractivity (Wildman–Crippen MR) is 85.3 cm³/mol. The van der Waals surface area contributed by atoms with E-state index in [0.717, 1.165) is 17.0 Å². The molecule has 0 aromatic carbocycles. The van der Waals surface area contributed by atoms with Crippen molar-refractivity contribution in [2.75, 3.05) is 0 Å². The molecule has 22 heavy (non-hydrogen) atoms. The number of amides is 1. The minimum Gasteiger partial charge on any atom is -0.334 e. The van der Waals surface area contributed by atoms with Gasteiger partial charge in [0.2, 0.25) is 5.91 Å². The highest BCUT2D eigenvalue weighted by atomic mass is 16.2. The van der Waals surface area contributed by atoms with Crippen molar-refractivity contribution in [2.24, 2.45) is 7.05 Å². The van der Waals surface area contributed by atoms with Crippen LogP contribution in [-0.2, 0) is 18.4 Å². The predicted octanol–water partition coefficient (Wildman–Crippen LogP) is 2.23. The van der Waals surface area contributed by atoms with Crippen molar-refractivity contribution < 1.29 is 4.79 Å². The van der Waals surface area contributed by atoms with Crippen LogP contribution in [0.2, 0.25) is 0 Å². The zero-order chi connectivity index (χ0) is 16.4. The molecule has 0 aliphatic heterocycles. The first-order valence-corrected chi connectivity index (χ1v) is 7.60. The van der Waals surface area contributed by atoms with Gasteiger partial charge in [0.25, 0.3) is 0 Å². The molecule has 1 atom stereocenters. The standard InChI is InChI=1S/C16H25N5O/c1-11(2)20(10-15-8-17-19(6)9-15)16(22)14(5)21-13(4)7-12(3)18-21/h7-9,11,14H,10H2,1-6H3/t14-/m0/s1. The first-order valence-electron chi connectivity index (χ1n) is 7.60. The molecule has 2 heterocycles. The first kappa shape index (κ1) is 16.3. The van der Waals surface area contributed by atoms with Crippen molar-refractivity contribution in [3.05, 3.63) is 35.4 Å². The molecule has 6 nitrogen and oxygen atoms in total. The van der Waals surface area contributed by atoms with Crippen molar-refractivity contribution in [3.63, 3.8) is 0 Å². The zero-order valence-corrected chi connectivity index (χ0v) is 14.2. The minimum absolute atomic E-state index is 0.0741. The minimum atomic E-state index is -0.312. The number of nitrogens with zero attached hydrogens (tertiary/aromatic N) is 5. The third-order valence-electron chi connectivity index (χ3n) is 3.79. The Hall–Kier alpha value is -2.11. The van der Waals surface area contributed by atoms with Crippen LogP contribution in [-0.4, -0.2) is 36.4 Å². The molecular weight excluding hydrogens is 278 g/mol. The van der Waals surface area contributed by atoms with Crippen molar-refractivity contribution in [2.45, 2.75) is 53.2 Å². The van der Waals surface area contributed by atoms with Crippen LogP contribution in [0.15, 0.2) is 18.5 Å². The number of aromatic nitrogens is 4. The highest BCUT2D eigenvalue weighted by Crippen LogP contribution is 2.17. The molecular formula is C16H25N5O. The van der Waals surface area contributed by atoms with Crippen molar-refractivity contribution in [1.29, 1.82) is 0 Å². The summed E-state index contributed by atoms with van der Waals surface area (Å²) < 4.78 is 3.55. The molecule has 0 saturated carbocycles. The Morgan fingerprint density at radius 1 is 1.32 bits per heavy atom. The summed E-state index contributed by atoms with van der Waals surface area (Å²) in [6.07, 6.45) is 3.74. The van der Waals surface area contributed by atoms with E-state index in [2.05, 4.69) is 10.2 Å². The number of rotatable bonds is 5. The molecule has 0 spiro atoms. The van der Waals surface area contributed by atoms with Gasteiger partial charge in [-0.3, -0.25) is 14.2 Å². The smallest absolute Gasteiger partial charge is 0.247 e. The van der Waals surface area contributed by atoms with Crippen LogP contribution >= 0.6 is 0 Å². The highest BCUT2D eigenvalue weighted by molar-refractivity contribution is 5.80. The molecule has 0 N–H and O–H groups in total. The first-order chi connectivity index (χ1) is 10.3. The van der Waals surface area contributed by atoms with E-state index in [1.54, 1.807) is 15.6 Å². The largest absolute Gasteiger partial charge is 0.334 e. The lowest BCUT2D eigenvalue weighted by Crippen LogP contribution is -2.40. The summed E-state index contributed by atoms with van der Waals surface area (Å²) in [5.74, 6) is 0.0741. The fraction of sp³-hybridized carbons (Fsp3) is 0.562. The van der Waals surface area contributed by atoms with Crippen LogP contribution in [0, 0.1) is 13.8 Å². The van der Waals surface area contributed by atoms with E-state index in [1.165, 1.54) is 0 Å². The Morgan fingerprint density at radius 2 is 2.00 bits per heavy atom. The average molecular weight is 303 g/mol. The summed E-state index contributed by atoms with van der Waals surface area (Å²) in [4.78, 5) is 14.8. The van der Waals surface area contributed by atoms with E-state index >= 15 is 0 Å². The molecule has 120 valence electrons. The third kappa shape index (κ3) is 3.37. The molecule has 0 aliphatic rings. The van der Waals surface area contributed by atoms with Gasteiger partial charge < -0.3 is 4.90 Å². The lowest BCUT2D eigenvalue weighted by Gasteiger charge is -2.29. The SMILES string of the molecule is Cc1cc(C)n([C@@H](C)C(=O)N(Cc2cnn(C)c2)C(C)C)n1. The summed E-state index contributed by atoms with van der Waals surface area (Å²) in [5.41, 5.74) is 2.97. The van der Waals surface area contributed by atoms with E-state index in [-0.39, 0.29) is 18.0 Å². The summed E-state index contributed by atoms with van der Waals surface area (Å²) >= 11 is 0. The molecule has 2 aromatic heterocycles. The van der Waals surface area contributed by atoms with Gasteiger partial charge in [-0.2, -0.15) is 10.2 Å². The molecule has 0 radical (unpaired) electrons. The normalized spacial score (nSPS) is 12.7. The number of carbonyl (C=O) groups is 1. The van der Waals surface area contributed by atoms with Gasteiger partial charge in [-0.25, -0.2) is 0 Å². The highest BCUT2D eigenvalue weighted by Gasteiger charge is 2.26. The molecule has 6 heteroatoms. The molecule has 0 saturated heterocycles. The topological polar surface area (TPSA) is 56.0 Å². The average Bonchev–Trinajstić information content (AvgIpc) is 2.99. The van der Waals surface area contributed by atoms with Gasteiger partial charge in [-0.15, -0.1) is 0 Å².